The fraction of sp³-hybridized carbons (Fsp3) is 0.400. The van der Waals surface area contributed by atoms with Crippen molar-refractivity contribution >= 4 is 16.9 Å². The largest absolute Gasteiger partial charge is 0.464 e. The zero-order valence-corrected chi connectivity index (χ0v) is 12.5. The molecule has 0 radical (unpaired) electrons. The lowest BCUT2D eigenvalue weighted by molar-refractivity contribution is -0.152. The third-order valence-electron chi connectivity index (χ3n) is 3.39. The Kier molecular flexibility index (Phi) is 3.72. The highest BCUT2D eigenvalue weighted by Crippen LogP contribution is 2.15. The molecule has 0 aliphatic carbocycles. The van der Waals surface area contributed by atoms with Gasteiger partial charge in [-0.2, -0.15) is 0 Å². The number of aryl methyl sites for hydroxylation is 1. The number of esters is 1. The fourth-order valence-electron chi connectivity index (χ4n) is 2.23. The third kappa shape index (κ3) is 2.49. The number of carbonyl (C=O) groups excluding carboxylic acids is 1. The van der Waals surface area contributed by atoms with Crippen molar-refractivity contribution in [3.63, 3.8) is 0 Å². The third-order valence-corrected chi connectivity index (χ3v) is 3.39. The molecular weight excluding hydrogens is 272 g/mol. The van der Waals surface area contributed by atoms with Crippen LogP contribution in [0.3, 0.4) is 0 Å². The Labute approximate surface area is 121 Å². The summed E-state index contributed by atoms with van der Waals surface area (Å²) in [5, 5.41) is 0.368. The van der Waals surface area contributed by atoms with Crippen molar-refractivity contribution in [3.8, 4) is 0 Å². The van der Waals surface area contributed by atoms with Gasteiger partial charge in [0, 0.05) is 0 Å². The first kappa shape index (κ1) is 15.0. The molecule has 6 heteroatoms. The van der Waals surface area contributed by atoms with Gasteiger partial charge in [-0.15, -0.1) is 0 Å². The summed E-state index contributed by atoms with van der Waals surface area (Å²) in [6.45, 7) is 6.68. The van der Waals surface area contributed by atoms with Gasteiger partial charge < -0.3 is 9.72 Å². The van der Waals surface area contributed by atoms with E-state index in [1.54, 1.807) is 25.1 Å². The van der Waals surface area contributed by atoms with Gasteiger partial charge in [-0.05, 0) is 39.8 Å². The maximum atomic E-state index is 12.6. The minimum absolute atomic E-state index is 0.182. The summed E-state index contributed by atoms with van der Waals surface area (Å²) in [6, 6.07) is 5.17. The highest BCUT2D eigenvalue weighted by atomic mass is 16.5. The van der Waals surface area contributed by atoms with Crippen LogP contribution in [0, 0.1) is 6.92 Å². The molecule has 2 aromatic rings. The van der Waals surface area contributed by atoms with Gasteiger partial charge in [0.1, 0.15) is 5.54 Å². The lowest BCUT2D eigenvalue weighted by Gasteiger charge is -2.24. The molecule has 112 valence electrons. The quantitative estimate of drug-likeness (QED) is 0.864. The van der Waals surface area contributed by atoms with E-state index in [0.717, 1.165) is 10.1 Å². The minimum Gasteiger partial charge on any atom is -0.464 e. The first-order valence-electron chi connectivity index (χ1n) is 6.72. The van der Waals surface area contributed by atoms with Crippen LogP contribution in [-0.4, -0.2) is 22.1 Å². The molecule has 0 saturated carbocycles. The molecule has 21 heavy (non-hydrogen) atoms. The number of hydrogen-bond donors (Lipinski definition) is 1. The van der Waals surface area contributed by atoms with Gasteiger partial charge in [0.05, 0.1) is 17.5 Å². The van der Waals surface area contributed by atoms with Crippen molar-refractivity contribution in [2.45, 2.75) is 33.2 Å². The number of carbonyl (C=O) groups is 1. The van der Waals surface area contributed by atoms with Gasteiger partial charge in [0.15, 0.2) is 0 Å². The van der Waals surface area contributed by atoms with Crippen LogP contribution in [0.1, 0.15) is 26.3 Å². The Balaban J connectivity index is 2.78. The first-order chi connectivity index (χ1) is 9.78. The second-order valence-corrected chi connectivity index (χ2v) is 5.40. The summed E-state index contributed by atoms with van der Waals surface area (Å²) in [7, 11) is 0. The van der Waals surface area contributed by atoms with Crippen LogP contribution in [0.2, 0.25) is 0 Å². The average molecular weight is 290 g/mol. The van der Waals surface area contributed by atoms with E-state index in [2.05, 4.69) is 4.98 Å². The number of fused-ring (bicyclic) bond motifs is 1. The predicted molar refractivity (Wildman–Crippen MR) is 79.5 cm³/mol. The molecule has 0 bridgehead atoms. The molecular formula is C15H18N2O4. The van der Waals surface area contributed by atoms with Crippen LogP contribution in [0.15, 0.2) is 27.8 Å². The molecule has 0 amide bonds. The van der Waals surface area contributed by atoms with Gasteiger partial charge in [-0.3, -0.25) is 4.79 Å². The van der Waals surface area contributed by atoms with Crippen LogP contribution in [0.4, 0.5) is 0 Å². The Hall–Kier alpha value is -2.37. The molecule has 1 aromatic heterocycles. The monoisotopic (exact) mass is 290 g/mol. The van der Waals surface area contributed by atoms with Crippen LogP contribution in [0.25, 0.3) is 10.9 Å². The number of hydrogen-bond acceptors (Lipinski definition) is 4. The maximum absolute atomic E-state index is 12.6. The molecule has 0 fully saturated rings. The lowest BCUT2D eigenvalue weighted by atomic mass is 10.1. The fourth-order valence-corrected chi connectivity index (χ4v) is 2.23. The number of benzene rings is 1. The van der Waals surface area contributed by atoms with Gasteiger partial charge in [-0.25, -0.2) is 14.2 Å². The van der Waals surface area contributed by atoms with E-state index in [1.165, 1.54) is 13.8 Å². The van der Waals surface area contributed by atoms with Gasteiger partial charge >= 0.3 is 11.7 Å². The molecule has 1 aromatic carbocycles. The van der Waals surface area contributed by atoms with Crippen molar-refractivity contribution in [1.29, 1.82) is 0 Å². The van der Waals surface area contributed by atoms with E-state index in [4.69, 9.17) is 4.74 Å². The molecule has 0 saturated heterocycles. The predicted octanol–water partition coefficient (Wildman–Crippen LogP) is 1.30. The second-order valence-electron chi connectivity index (χ2n) is 5.40. The summed E-state index contributed by atoms with van der Waals surface area (Å²) < 4.78 is 5.86. The topological polar surface area (TPSA) is 81.2 Å². The Bertz CT molecular complexity index is 815. The highest BCUT2D eigenvalue weighted by Gasteiger charge is 2.34. The average Bonchev–Trinajstić information content (AvgIpc) is 2.40. The van der Waals surface area contributed by atoms with E-state index >= 15 is 0 Å². The van der Waals surface area contributed by atoms with Crippen LogP contribution in [-0.2, 0) is 15.1 Å². The minimum atomic E-state index is -1.38. The molecule has 1 N–H and O–H groups in total. The van der Waals surface area contributed by atoms with Crippen LogP contribution in [0.5, 0.6) is 0 Å². The SMILES string of the molecule is CCOC(=O)C(C)(C)n1c(=O)[nH]c2ccc(C)cc2c1=O. The zero-order chi connectivity index (χ0) is 15.8. The highest BCUT2D eigenvalue weighted by molar-refractivity contribution is 5.80. The summed E-state index contributed by atoms with van der Waals surface area (Å²) in [5.74, 6) is -0.621. The smallest absolute Gasteiger partial charge is 0.332 e. The molecule has 0 unspecified atom stereocenters. The van der Waals surface area contributed by atoms with E-state index in [9.17, 15) is 14.4 Å². The Morgan fingerprint density at radius 2 is 2.00 bits per heavy atom. The summed E-state index contributed by atoms with van der Waals surface area (Å²) in [6.07, 6.45) is 0. The summed E-state index contributed by atoms with van der Waals surface area (Å²) in [4.78, 5) is 39.5. The van der Waals surface area contributed by atoms with Crippen LogP contribution >= 0.6 is 0 Å². The molecule has 0 aliphatic heterocycles. The van der Waals surface area contributed by atoms with Gasteiger partial charge in [0.2, 0.25) is 0 Å². The Morgan fingerprint density at radius 1 is 1.33 bits per heavy atom. The van der Waals surface area contributed by atoms with Crippen molar-refractivity contribution < 1.29 is 9.53 Å². The van der Waals surface area contributed by atoms with E-state index in [-0.39, 0.29) is 6.61 Å². The number of ether oxygens (including phenoxy) is 1. The van der Waals surface area contributed by atoms with Crippen molar-refractivity contribution in [2.24, 2.45) is 0 Å². The van der Waals surface area contributed by atoms with E-state index in [0.29, 0.717) is 10.9 Å². The Morgan fingerprint density at radius 3 is 2.62 bits per heavy atom. The normalized spacial score (nSPS) is 11.6. The van der Waals surface area contributed by atoms with Crippen LogP contribution < -0.4 is 11.2 Å². The maximum Gasteiger partial charge on any atom is 0.332 e. The van der Waals surface area contributed by atoms with Crippen molar-refractivity contribution in [3.05, 3.63) is 44.6 Å². The van der Waals surface area contributed by atoms with Gasteiger partial charge in [0.25, 0.3) is 5.56 Å². The summed E-state index contributed by atoms with van der Waals surface area (Å²) >= 11 is 0. The molecule has 0 aliphatic rings. The first-order valence-corrected chi connectivity index (χ1v) is 6.72. The molecule has 0 spiro atoms. The summed E-state index contributed by atoms with van der Waals surface area (Å²) in [5.41, 5.74) is -1.16. The standard InChI is InChI=1S/C15H18N2O4/c1-5-21-13(19)15(3,4)17-12(18)10-8-9(2)6-7-11(10)16-14(17)20/h6-8H,5H2,1-4H3,(H,16,20). The number of nitrogens with one attached hydrogen (secondary N) is 1. The number of rotatable bonds is 3. The number of nitrogens with zero attached hydrogens (tertiary/aromatic N) is 1. The van der Waals surface area contributed by atoms with Crippen molar-refractivity contribution in [2.75, 3.05) is 6.61 Å². The number of aromatic amines is 1. The van der Waals surface area contributed by atoms with Crippen molar-refractivity contribution in [1.82, 2.24) is 9.55 Å². The van der Waals surface area contributed by atoms with Gasteiger partial charge in [-0.1, -0.05) is 11.6 Å². The van der Waals surface area contributed by atoms with E-state index in [1.807, 2.05) is 6.92 Å². The number of aromatic nitrogens is 2. The lowest BCUT2D eigenvalue weighted by Crippen LogP contribution is -2.51. The van der Waals surface area contributed by atoms with E-state index < -0.39 is 22.8 Å². The number of H-pyrrole nitrogens is 1. The second kappa shape index (κ2) is 5.20. The molecule has 2 rings (SSSR count). The zero-order valence-electron chi connectivity index (χ0n) is 12.5. The molecule has 0 atom stereocenters. The molecule has 6 nitrogen and oxygen atoms in total. The molecule has 1 heterocycles.